The van der Waals surface area contributed by atoms with Gasteiger partial charge in [-0.05, 0) is 34.5 Å². The summed E-state index contributed by atoms with van der Waals surface area (Å²) >= 11 is 0. The number of esters is 1. The molecule has 0 heterocycles. The van der Waals surface area contributed by atoms with E-state index in [1.165, 1.54) is 0 Å². The van der Waals surface area contributed by atoms with E-state index in [9.17, 15) is 4.79 Å². The van der Waals surface area contributed by atoms with Crippen molar-refractivity contribution >= 4 is 5.97 Å². The first kappa shape index (κ1) is 18.4. The number of likely N-dealkylation sites (N-methyl/N-ethyl adjacent to an activating group) is 2. The van der Waals surface area contributed by atoms with Gasteiger partial charge >= 0.3 is 5.97 Å². The SMILES string of the molecule is CCCC(OCCN(C)CCN(C)C)C(=O)OCC. The fraction of sp³-hybridized carbons (Fsp3) is 0.929. The van der Waals surface area contributed by atoms with Crippen LogP contribution in [0.25, 0.3) is 0 Å². The van der Waals surface area contributed by atoms with Crippen molar-refractivity contribution in [1.82, 2.24) is 9.80 Å². The predicted octanol–water partition coefficient (Wildman–Crippen LogP) is 1.23. The molecule has 0 saturated carbocycles. The Bertz CT molecular complexity index is 235. The van der Waals surface area contributed by atoms with E-state index in [2.05, 4.69) is 30.9 Å². The van der Waals surface area contributed by atoms with Crippen molar-refractivity contribution < 1.29 is 14.3 Å². The van der Waals surface area contributed by atoms with E-state index in [1.54, 1.807) is 0 Å². The third-order valence-corrected chi connectivity index (χ3v) is 2.82. The monoisotopic (exact) mass is 274 g/mol. The maximum absolute atomic E-state index is 11.7. The van der Waals surface area contributed by atoms with Crippen molar-refractivity contribution in [3.63, 3.8) is 0 Å². The summed E-state index contributed by atoms with van der Waals surface area (Å²) in [6, 6.07) is 0. The van der Waals surface area contributed by atoms with Crippen molar-refractivity contribution in [3.8, 4) is 0 Å². The highest BCUT2D eigenvalue weighted by molar-refractivity contribution is 5.74. The van der Waals surface area contributed by atoms with Crippen molar-refractivity contribution in [2.45, 2.75) is 32.8 Å². The molecule has 0 bridgehead atoms. The van der Waals surface area contributed by atoms with Gasteiger partial charge in [-0.1, -0.05) is 13.3 Å². The average molecular weight is 274 g/mol. The van der Waals surface area contributed by atoms with E-state index >= 15 is 0 Å². The molecular formula is C14H30N2O3. The Balaban J connectivity index is 3.88. The van der Waals surface area contributed by atoms with Gasteiger partial charge < -0.3 is 19.3 Å². The second-order valence-electron chi connectivity index (χ2n) is 5.01. The topological polar surface area (TPSA) is 42.0 Å². The fourth-order valence-corrected chi connectivity index (χ4v) is 1.60. The van der Waals surface area contributed by atoms with Crippen LogP contribution >= 0.6 is 0 Å². The third-order valence-electron chi connectivity index (χ3n) is 2.82. The largest absolute Gasteiger partial charge is 0.464 e. The molecule has 114 valence electrons. The van der Waals surface area contributed by atoms with Gasteiger partial charge in [0, 0.05) is 19.6 Å². The van der Waals surface area contributed by atoms with Gasteiger partial charge in [-0.3, -0.25) is 0 Å². The Kier molecular flexibility index (Phi) is 10.8. The molecule has 0 aliphatic heterocycles. The molecular weight excluding hydrogens is 244 g/mol. The molecule has 0 amide bonds. The van der Waals surface area contributed by atoms with Crippen LogP contribution in [0.2, 0.25) is 0 Å². The van der Waals surface area contributed by atoms with E-state index < -0.39 is 6.10 Å². The van der Waals surface area contributed by atoms with Gasteiger partial charge in [0.2, 0.25) is 0 Å². The first-order valence-electron chi connectivity index (χ1n) is 7.12. The first-order chi connectivity index (χ1) is 9.01. The minimum Gasteiger partial charge on any atom is -0.464 e. The number of nitrogens with zero attached hydrogens (tertiary/aromatic N) is 2. The van der Waals surface area contributed by atoms with E-state index in [4.69, 9.17) is 9.47 Å². The minimum absolute atomic E-state index is 0.236. The van der Waals surface area contributed by atoms with Crippen molar-refractivity contribution in [1.29, 1.82) is 0 Å². The summed E-state index contributed by atoms with van der Waals surface area (Å²) in [5, 5.41) is 0. The molecule has 0 rings (SSSR count). The molecule has 0 spiro atoms. The molecule has 0 aromatic rings. The number of rotatable bonds is 11. The summed E-state index contributed by atoms with van der Waals surface area (Å²) in [7, 11) is 6.18. The van der Waals surface area contributed by atoms with Crippen LogP contribution in [0.5, 0.6) is 0 Å². The second kappa shape index (κ2) is 11.2. The number of carbonyl (C=O) groups excluding carboxylic acids is 1. The van der Waals surface area contributed by atoms with E-state index in [-0.39, 0.29) is 5.97 Å². The predicted molar refractivity (Wildman–Crippen MR) is 77.3 cm³/mol. The van der Waals surface area contributed by atoms with Crippen LogP contribution in [0.15, 0.2) is 0 Å². The van der Waals surface area contributed by atoms with Crippen molar-refractivity contribution in [3.05, 3.63) is 0 Å². The standard InChI is InChI=1S/C14H30N2O3/c1-6-8-13(14(17)18-7-2)19-12-11-16(5)10-9-15(3)4/h13H,6-12H2,1-5H3. The van der Waals surface area contributed by atoms with Gasteiger partial charge in [-0.25, -0.2) is 4.79 Å². The van der Waals surface area contributed by atoms with Gasteiger partial charge in [-0.15, -0.1) is 0 Å². The molecule has 0 aromatic carbocycles. The number of carbonyl (C=O) groups is 1. The highest BCUT2D eigenvalue weighted by Gasteiger charge is 2.19. The van der Waals surface area contributed by atoms with Crippen LogP contribution in [-0.4, -0.2) is 75.9 Å². The smallest absolute Gasteiger partial charge is 0.335 e. The summed E-state index contributed by atoms with van der Waals surface area (Å²) in [5.41, 5.74) is 0. The lowest BCUT2D eigenvalue weighted by atomic mass is 10.2. The Morgan fingerprint density at radius 1 is 1.11 bits per heavy atom. The second-order valence-corrected chi connectivity index (χ2v) is 5.01. The van der Waals surface area contributed by atoms with Crippen LogP contribution in [0.3, 0.4) is 0 Å². The molecule has 19 heavy (non-hydrogen) atoms. The third kappa shape index (κ3) is 9.87. The van der Waals surface area contributed by atoms with Gasteiger partial charge in [0.05, 0.1) is 13.2 Å². The average Bonchev–Trinajstić information content (AvgIpc) is 2.35. The summed E-state index contributed by atoms with van der Waals surface area (Å²) in [6.45, 7) is 7.67. The highest BCUT2D eigenvalue weighted by atomic mass is 16.6. The lowest BCUT2D eigenvalue weighted by Crippen LogP contribution is -2.33. The summed E-state index contributed by atoms with van der Waals surface area (Å²) in [5.74, 6) is -0.236. The molecule has 0 aliphatic rings. The molecule has 0 aromatic heterocycles. The lowest BCUT2D eigenvalue weighted by Gasteiger charge is -2.21. The highest BCUT2D eigenvalue weighted by Crippen LogP contribution is 2.05. The van der Waals surface area contributed by atoms with Gasteiger partial charge in [0.25, 0.3) is 0 Å². The molecule has 1 atom stereocenters. The fourth-order valence-electron chi connectivity index (χ4n) is 1.60. The number of hydrogen-bond acceptors (Lipinski definition) is 5. The van der Waals surface area contributed by atoms with Crippen molar-refractivity contribution in [2.24, 2.45) is 0 Å². The molecule has 5 nitrogen and oxygen atoms in total. The number of hydrogen-bond donors (Lipinski definition) is 0. The minimum atomic E-state index is -0.410. The molecule has 0 saturated heterocycles. The summed E-state index contributed by atoms with van der Waals surface area (Å²) in [4.78, 5) is 16.0. The molecule has 0 aliphatic carbocycles. The molecule has 0 N–H and O–H groups in total. The zero-order valence-electron chi connectivity index (χ0n) is 13.1. The quantitative estimate of drug-likeness (QED) is 0.530. The molecule has 0 radical (unpaired) electrons. The molecule has 0 fully saturated rings. The summed E-state index contributed by atoms with van der Waals surface area (Å²) < 4.78 is 10.7. The zero-order valence-corrected chi connectivity index (χ0v) is 13.1. The Morgan fingerprint density at radius 3 is 2.32 bits per heavy atom. The van der Waals surface area contributed by atoms with Crippen LogP contribution < -0.4 is 0 Å². The normalized spacial score (nSPS) is 13.0. The van der Waals surface area contributed by atoms with Gasteiger partial charge in [0.1, 0.15) is 0 Å². The van der Waals surface area contributed by atoms with Crippen LogP contribution in [-0.2, 0) is 14.3 Å². The number of ether oxygens (including phenoxy) is 2. The Labute approximate surface area is 117 Å². The van der Waals surface area contributed by atoms with Gasteiger partial charge in [-0.2, -0.15) is 0 Å². The Morgan fingerprint density at radius 2 is 1.79 bits per heavy atom. The van der Waals surface area contributed by atoms with Crippen LogP contribution in [0, 0.1) is 0 Å². The van der Waals surface area contributed by atoms with Gasteiger partial charge in [0.15, 0.2) is 6.10 Å². The van der Waals surface area contributed by atoms with E-state index in [0.29, 0.717) is 13.2 Å². The Hall–Kier alpha value is -0.650. The van der Waals surface area contributed by atoms with Crippen LogP contribution in [0.1, 0.15) is 26.7 Å². The molecule has 5 heteroatoms. The van der Waals surface area contributed by atoms with E-state index in [0.717, 1.165) is 32.5 Å². The maximum Gasteiger partial charge on any atom is 0.335 e. The summed E-state index contributed by atoms with van der Waals surface area (Å²) in [6.07, 6.45) is 1.23. The molecule has 1 unspecified atom stereocenters. The lowest BCUT2D eigenvalue weighted by molar-refractivity contribution is -0.157. The van der Waals surface area contributed by atoms with Crippen molar-refractivity contribution in [2.75, 3.05) is 54.0 Å². The first-order valence-corrected chi connectivity index (χ1v) is 7.12. The maximum atomic E-state index is 11.7. The van der Waals surface area contributed by atoms with E-state index in [1.807, 2.05) is 13.8 Å². The zero-order chi connectivity index (χ0) is 14.7. The van der Waals surface area contributed by atoms with Crippen LogP contribution in [0.4, 0.5) is 0 Å².